The van der Waals surface area contributed by atoms with Gasteiger partial charge in [0.05, 0.1) is 11.3 Å². The fourth-order valence-corrected chi connectivity index (χ4v) is 3.01. The van der Waals surface area contributed by atoms with Gasteiger partial charge < -0.3 is 10.0 Å². The van der Waals surface area contributed by atoms with Crippen molar-refractivity contribution in [3.05, 3.63) is 29.8 Å². The third kappa shape index (κ3) is 4.97. The molecule has 1 aromatic carbocycles. The summed E-state index contributed by atoms with van der Waals surface area (Å²) in [4.78, 5) is 15.2. The van der Waals surface area contributed by atoms with E-state index in [4.69, 9.17) is 9.66 Å². The van der Waals surface area contributed by atoms with Crippen LogP contribution in [0.2, 0.25) is 0 Å². The summed E-state index contributed by atoms with van der Waals surface area (Å²) in [7, 11) is -3.87. The molecule has 0 unspecified atom stereocenters. The molecule has 1 fully saturated rings. The summed E-state index contributed by atoms with van der Waals surface area (Å²) in [5.41, 5.74) is 1.26. The molecule has 1 heterocycles. The van der Waals surface area contributed by atoms with Crippen LogP contribution in [0.3, 0.4) is 0 Å². The molecule has 1 aliphatic rings. The molecule has 1 aliphatic heterocycles. The summed E-state index contributed by atoms with van der Waals surface area (Å²) in [6.45, 7) is 3.88. The molecular weight excluding hydrogens is 308 g/mol. The highest BCUT2D eigenvalue weighted by molar-refractivity contribution is 7.85. The van der Waals surface area contributed by atoms with Gasteiger partial charge in [-0.3, -0.25) is 9.45 Å². The molecule has 0 radical (unpaired) electrons. The van der Waals surface area contributed by atoms with Crippen molar-refractivity contribution in [2.24, 2.45) is 0 Å². The van der Waals surface area contributed by atoms with Crippen LogP contribution in [0.4, 0.5) is 5.69 Å². The van der Waals surface area contributed by atoms with Crippen LogP contribution in [0, 0.1) is 0 Å². The van der Waals surface area contributed by atoms with Crippen LogP contribution in [0.5, 0.6) is 0 Å². The van der Waals surface area contributed by atoms with E-state index in [1.54, 1.807) is 24.3 Å². The number of carboxylic acid groups (broad SMARTS) is 1. The Balaban J connectivity index is 1.80. The van der Waals surface area contributed by atoms with Crippen LogP contribution in [0.25, 0.3) is 0 Å². The molecule has 122 valence electrons. The second-order valence-corrected chi connectivity index (χ2v) is 6.89. The Morgan fingerprint density at radius 3 is 2.18 bits per heavy atom. The number of nitrogens with zero attached hydrogens (tertiary/aromatic N) is 2. The van der Waals surface area contributed by atoms with E-state index in [0.717, 1.165) is 31.9 Å². The number of hydrogen-bond donors (Lipinski definition) is 2. The summed E-state index contributed by atoms with van der Waals surface area (Å²) < 4.78 is 30.0. The van der Waals surface area contributed by atoms with E-state index >= 15 is 0 Å². The van der Waals surface area contributed by atoms with Crippen LogP contribution in [-0.2, 0) is 10.1 Å². The van der Waals surface area contributed by atoms with Crippen LogP contribution < -0.4 is 4.90 Å². The minimum atomic E-state index is -3.87. The van der Waals surface area contributed by atoms with Gasteiger partial charge in [-0.1, -0.05) is 0 Å². The number of carboxylic acids is 1. The smallest absolute Gasteiger partial charge is 0.335 e. The molecule has 1 aromatic rings. The van der Waals surface area contributed by atoms with E-state index in [2.05, 4.69) is 9.80 Å². The van der Waals surface area contributed by atoms with Crippen molar-refractivity contribution in [1.82, 2.24) is 4.90 Å². The van der Waals surface area contributed by atoms with Crippen molar-refractivity contribution < 1.29 is 22.9 Å². The highest BCUT2D eigenvalue weighted by Gasteiger charge is 2.17. The zero-order chi connectivity index (χ0) is 16.2. The Bertz CT molecular complexity index is 607. The summed E-state index contributed by atoms with van der Waals surface area (Å²) in [5.74, 6) is -1.14. The Kier molecular flexibility index (Phi) is 5.38. The maximum atomic E-state index is 10.8. The Morgan fingerprint density at radius 1 is 1.09 bits per heavy atom. The molecule has 0 atom stereocenters. The number of hydrogen-bond acceptors (Lipinski definition) is 5. The van der Waals surface area contributed by atoms with E-state index in [-0.39, 0.29) is 11.3 Å². The lowest BCUT2D eigenvalue weighted by Gasteiger charge is -2.36. The van der Waals surface area contributed by atoms with Crippen molar-refractivity contribution in [2.45, 2.75) is 6.42 Å². The zero-order valence-electron chi connectivity index (χ0n) is 12.2. The van der Waals surface area contributed by atoms with E-state index in [0.29, 0.717) is 13.0 Å². The SMILES string of the molecule is O=C(O)c1ccc(N2CCN(CCCS(=O)(=O)O)CC2)cc1. The minimum absolute atomic E-state index is 0.204. The van der Waals surface area contributed by atoms with E-state index in [9.17, 15) is 13.2 Å². The predicted molar refractivity (Wildman–Crippen MR) is 83.1 cm³/mol. The fourth-order valence-electron chi connectivity index (χ4n) is 2.52. The topological polar surface area (TPSA) is 98.2 Å². The summed E-state index contributed by atoms with van der Waals surface area (Å²) in [6.07, 6.45) is 0.423. The number of piperazine rings is 1. The standard InChI is InChI=1S/C14H20N2O5S/c17-14(18)12-2-4-13(5-3-12)16-9-7-15(8-10-16)6-1-11-22(19,20)21/h2-5H,1,6-11H2,(H,17,18)(H,19,20,21). The first-order valence-electron chi connectivity index (χ1n) is 7.11. The van der Waals surface area contributed by atoms with Gasteiger partial charge in [-0.25, -0.2) is 4.79 Å². The normalized spacial score (nSPS) is 16.7. The van der Waals surface area contributed by atoms with Gasteiger partial charge in [0.25, 0.3) is 10.1 Å². The van der Waals surface area contributed by atoms with E-state index in [1.807, 2.05) is 0 Å². The molecule has 0 saturated carbocycles. The second kappa shape index (κ2) is 7.08. The van der Waals surface area contributed by atoms with E-state index < -0.39 is 16.1 Å². The van der Waals surface area contributed by atoms with Gasteiger partial charge in [0, 0.05) is 31.9 Å². The number of aromatic carboxylic acids is 1. The van der Waals surface area contributed by atoms with Gasteiger partial charge in [0.1, 0.15) is 0 Å². The number of carbonyl (C=O) groups is 1. The lowest BCUT2D eigenvalue weighted by atomic mass is 10.2. The molecule has 7 nitrogen and oxygen atoms in total. The third-order valence-electron chi connectivity index (χ3n) is 3.73. The second-order valence-electron chi connectivity index (χ2n) is 5.32. The summed E-state index contributed by atoms with van der Waals surface area (Å²) in [6, 6.07) is 6.79. The molecule has 0 spiro atoms. The van der Waals surface area contributed by atoms with Crippen LogP contribution >= 0.6 is 0 Å². The molecule has 2 N–H and O–H groups in total. The molecule has 1 saturated heterocycles. The van der Waals surface area contributed by atoms with Gasteiger partial charge in [0.2, 0.25) is 0 Å². The minimum Gasteiger partial charge on any atom is -0.478 e. The molecule has 0 bridgehead atoms. The van der Waals surface area contributed by atoms with Crippen molar-refractivity contribution in [2.75, 3.05) is 43.4 Å². The van der Waals surface area contributed by atoms with Crippen LogP contribution in [0.15, 0.2) is 24.3 Å². The van der Waals surface area contributed by atoms with Gasteiger partial charge >= 0.3 is 5.97 Å². The average molecular weight is 328 g/mol. The first-order chi connectivity index (χ1) is 10.3. The zero-order valence-corrected chi connectivity index (χ0v) is 13.0. The highest BCUT2D eigenvalue weighted by Crippen LogP contribution is 2.17. The summed E-state index contributed by atoms with van der Waals surface area (Å²) in [5, 5.41) is 8.88. The Labute approximate surface area is 129 Å². The number of rotatable bonds is 6. The third-order valence-corrected chi connectivity index (χ3v) is 4.53. The molecule has 0 aliphatic carbocycles. The van der Waals surface area contributed by atoms with Gasteiger partial charge in [-0.15, -0.1) is 0 Å². The lowest BCUT2D eigenvalue weighted by Crippen LogP contribution is -2.46. The molecule has 2 rings (SSSR count). The fraction of sp³-hybridized carbons (Fsp3) is 0.500. The Hall–Kier alpha value is -1.64. The van der Waals surface area contributed by atoms with Crippen molar-refractivity contribution in [3.8, 4) is 0 Å². The largest absolute Gasteiger partial charge is 0.478 e. The van der Waals surface area contributed by atoms with E-state index in [1.165, 1.54) is 0 Å². The van der Waals surface area contributed by atoms with Crippen molar-refractivity contribution in [3.63, 3.8) is 0 Å². The van der Waals surface area contributed by atoms with Crippen molar-refractivity contribution >= 4 is 21.8 Å². The predicted octanol–water partition coefficient (Wildman–Crippen LogP) is 0.785. The first kappa shape index (κ1) is 16.7. The average Bonchev–Trinajstić information content (AvgIpc) is 2.47. The molecule has 0 amide bonds. The summed E-state index contributed by atoms with van der Waals surface area (Å²) >= 11 is 0. The molecule has 22 heavy (non-hydrogen) atoms. The highest BCUT2D eigenvalue weighted by atomic mass is 32.2. The Morgan fingerprint density at radius 2 is 1.68 bits per heavy atom. The maximum absolute atomic E-state index is 10.8. The number of benzene rings is 1. The van der Waals surface area contributed by atoms with Crippen LogP contribution in [0.1, 0.15) is 16.8 Å². The van der Waals surface area contributed by atoms with Gasteiger partial charge in [0.15, 0.2) is 0 Å². The van der Waals surface area contributed by atoms with Gasteiger partial charge in [-0.05, 0) is 37.2 Å². The van der Waals surface area contributed by atoms with Crippen LogP contribution in [-0.4, -0.2) is 67.4 Å². The molecular formula is C14H20N2O5S. The first-order valence-corrected chi connectivity index (χ1v) is 8.72. The van der Waals surface area contributed by atoms with Gasteiger partial charge in [-0.2, -0.15) is 8.42 Å². The molecule has 8 heteroatoms. The lowest BCUT2D eigenvalue weighted by molar-refractivity contribution is 0.0697. The maximum Gasteiger partial charge on any atom is 0.335 e. The molecule has 0 aromatic heterocycles. The number of anilines is 1. The monoisotopic (exact) mass is 328 g/mol. The quantitative estimate of drug-likeness (QED) is 0.745. The van der Waals surface area contributed by atoms with Crippen molar-refractivity contribution in [1.29, 1.82) is 0 Å².